The van der Waals surface area contributed by atoms with Crippen LogP contribution in [-0.2, 0) is 4.74 Å². The van der Waals surface area contributed by atoms with Gasteiger partial charge in [0.25, 0.3) is 5.91 Å². The van der Waals surface area contributed by atoms with E-state index in [1.165, 1.54) is 17.0 Å². The topological polar surface area (TPSA) is 53.3 Å². The molecule has 1 heterocycles. The van der Waals surface area contributed by atoms with Gasteiger partial charge in [0.1, 0.15) is 11.9 Å². The number of nitriles is 1. The second kappa shape index (κ2) is 5.46. The van der Waals surface area contributed by atoms with E-state index in [4.69, 9.17) is 10.00 Å². The van der Waals surface area contributed by atoms with Crippen LogP contribution in [0.1, 0.15) is 10.4 Å². The SMILES string of the molecule is N#CC1COCCN1C(=O)c1ccc(Br)c(F)c1. The second-order valence-corrected chi connectivity index (χ2v) is 4.70. The second-order valence-electron chi connectivity index (χ2n) is 3.85. The van der Waals surface area contributed by atoms with Crippen molar-refractivity contribution in [1.29, 1.82) is 5.26 Å². The van der Waals surface area contributed by atoms with Gasteiger partial charge in [-0.15, -0.1) is 0 Å². The van der Waals surface area contributed by atoms with Crippen LogP contribution in [0.5, 0.6) is 0 Å². The number of halogens is 2. The first-order valence-electron chi connectivity index (χ1n) is 5.37. The molecule has 1 fully saturated rings. The average molecular weight is 313 g/mol. The van der Waals surface area contributed by atoms with Gasteiger partial charge in [-0.25, -0.2) is 4.39 Å². The molecule has 2 rings (SSSR count). The molecule has 0 N–H and O–H groups in total. The molecule has 94 valence electrons. The molecule has 1 unspecified atom stereocenters. The average Bonchev–Trinajstić information content (AvgIpc) is 2.41. The lowest BCUT2D eigenvalue weighted by molar-refractivity contribution is 0.0132. The quantitative estimate of drug-likeness (QED) is 0.796. The smallest absolute Gasteiger partial charge is 0.255 e. The number of amides is 1. The molecule has 1 aromatic rings. The fourth-order valence-corrected chi connectivity index (χ4v) is 2.00. The van der Waals surface area contributed by atoms with Crippen molar-refractivity contribution >= 4 is 21.8 Å². The van der Waals surface area contributed by atoms with E-state index < -0.39 is 11.9 Å². The Hall–Kier alpha value is -1.45. The fourth-order valence-electron chi connectivity index (χ4n) is 1.75. The zero-order valence-corrected chi connectivity index (χ0v) is 11.0. The Labute approximate surface area is 112 Å². The van der Waals surface area contributed by atoms with Gasteiger partial charge in [-0.2, -0.15) is 5.26 Å². The zero-order chi connectivity index (χ0) is 13.1. The van der Waals surface area contributed by atoms with Gasteiger partial charge in [0, 0.05) is 12.1 Å². The van der Waals surface area contributed by atoms with E-state index in [2.05, 4.69) is 15.9 Å². The van der Waals surface area contributed by atoms with Crippen molar-refractivity contribution in [1.82, 2.24) is 4.90 Å². The minimum absolute atomic E-state index is 0.196. The maximum atomic E-state index is 13.4. The largest absolute Gasteiger partial charge is 0.376 e. The lowest BCUT2D eigenvalue weighted by Crippen LogP contribution is -2.48. The van der Waals surface area contributed by atoms with Crippen LogP contribution in [0.25, 0.3) is 0 Å². The number of nitrogens with zero attached hydrogens (tertiary/aromatic N) is 2. The van der Waals surface area contributed by atoms with Crippen molar-refractivity contribution in [3.05, 3.63) is 34.1 Å². The molecular weight excluding hydrogens is 303 g/mol. The maximum absolute atomic E-state index is 13.4. The molecule has 1 saturated heterocycles. The number of carbonyl (C=O) groups is 1. The zero-order valence-electron chi connectivity index (χ0n) is 9.40. The van der Waals surface area contributed by atoms with Crippen molar-refractivity contribution in [2.75, 3.05) is 19.8 Å². The number of carbonyl (C=O) groups excluding carboxylic acids is 1. The molecule has 0 spiro atoms. The molecule has 0 aliphatic carbocycles. The van der Waals surface area contributed by atoms with Gasteiger partial charge in [-0.3, -0.25) is 4.79 Å². The molecular formula is C12H10BrFN2O2. The van der Waals surface area contributed by atoms with Crippen LogP contribution < -0.4 is 0 Å². The molecule has 1 amide bonds. The van der Waals surface area contributed by atoms with Gasteiger partial charge in [-0.05, 0) is 34.1 Å². The summed E-state index contributed by atoms with van der Waals surface area (Å²) in [5.41, 5.74) is 0.234. The molecule has 18 heavy (non-hydrogen) atoms. The fraction of sp³-hybridized carbons (Fsp3) is 0.333. The molecule has 0 radical (unpaired) electrons. The van der Waals surface area contributed by atoms with E-state index in [0.29, 0.717) is 17.6 Å². The highest BCUT2D eigenvalue weighted by Gasteiger charge is 2.28. The van der Waals surface area contributed by atoms with Crippen molar-refractivity contribution in [2.24, 2.45) is 0 Å². The van der Waals surface area contributed by atoms with Gasteiger partial charge < -0.3 is 9.64 Å². The van der Waals surface area contributed by atoms with Crippen molar-refractivity contribution in [3.8, 4) is 6.07 Å². The number of hydrogen-bond donors (Lipinski definition) is 0. The molecule has 1 atom stereocenters. The van der Waals surface area contributed by atoms with E-state index in [0.717, 1.165) is 6.07 Å². The van der Waals surface area contributed by atoms with Crippen LogP contribution in [0.15, 0.2) is 22.7 Å². The third-order valence-corrected chi connectivity index (χ3v) is 3.35. The Balaban J connectivity index is 2.24. The summed E-state index contributed by atoms with van der Waals surface area (Å²) >= 11 is 3.03. The van der Waals surface area contributed by atoms with E-state index in [1.807, 2.05) is 6.07 Å². The Morgan fingerprint density at radius 1 is 1.61 bits per heavy atom. The molecule has 1 aliphatic rings. The van der Waals surface area contributed by atoms with Crippen molar-refractivity contribution in [2.45, 2.75) is 6.04 Å². The van der Waals surface area contributed by atoms with Crippen LogP contribution >= 0.6 is 15.9 Å². The van der Waals surface area contributed by atoms with Crippen LogP contribution in [0.2, 0.25) is 0 Å². The molecule has 6 heteroatoms. The Morgan fingerprint density at radius 2 is 2.39 bits per heavy atom. The summed E-state index contributed by atoms with van der Waals surface area (Å²) in [5.74, 6) is -0.848. The highest BCUT2D eigenvalue weighted by atomic mass is 79.9. The number of benzene rings is 1. The standard InChI is InChI=1S/C12H10BrFN2O2/c13-10-2-1-8(5-11(10)14)12(17)16-3-4-18-7-9(16)6-15/h1-2,5,9H,3-4,7H2. The monoisotopic (exact) mass is 312 g/mol. The minimum atomic E-state index is -0.613. The Kier molecular flexibility index (Phi) is 3.94. The highest BCUT2D eigenvalue weighted by Crippen LogP contribution is 2.19. The van der Waals surface area contributed by atoms with Crippen LogP contribution in [0, 0.1) is 17.1 Å². The first-order chi connectivity index (χ1) is 8.63. The van der Waals surface area contributed by atoms with Crippen LogP contribution in [0.3, 0.4) is 0 Å². The summed E-state index contributed by atoms with van der Waals surface area (Å²) in [4.78, 5) is 13.6. The predicted molar refractivity (Wildman–Crippen MR) is 65.4 cm³/mol. The summed E-state index contributed by atoms with van der Waals surface area (Å²) in [7, 11) is 0. The number of ether oxygens (including phenoxy) is 1. The molecule has 1 aliphatic heterocycles. The van der Waals surface area contributed by atoms with Gasteiger partial charge >= 0.3 is 0 Å². The summed E-state index contributed by atoms with van der Waals surface area (Å²) in [6, 6.07) is 5.56. The molecule has 0 bridgehead atoms. The first-order valence-corrected chi connectivity index (χ1v) is 6.16. The first kappa shape index (κ1) is 13.0. The molecule has 4 nitrogen and oxygen atoms in total. The van der Waals surface area contributed by atoms with E-state index >= 15 is 0 Å². The predicted octanol–water partition coefficient (Wildman–Crippen LogP) is 1.95. The van der Waals surface area contributed by atoms with Crippen LogP contribution in [-0.4, -0.2) is 36.6 Å². The summed E-state index contributed by atoms with van der Waals surface area (Å²) < 4.78 is 18.8. The van der Waals surface area contributed by atoms with Crippen molar-refractivity contribution < 1.29 is 13.9 Å². The highest BCUT2D eigenvalue weighted by molar-refractivity contribution is 9.10. The number of morpholine rings is 1. The van der Waals surface area contributed by atoms with Gasteiger partial charge in [0.15, 0.2) is 0 Å². The van der Waals surface area contributed by atoms with E-state index in [1.54, 1.807) is 0 Å². The van der Waals surface area contributed by atoms with Crippen molar-refractivity contribution in [3.63, 3.8) is 0 Å². The van der Waals surface area contributed by atoms with Gasteiger partial charge in [0.2, 0.25) is 0 Å². The molecule has 1 aromatic carbocycles. The van der Waals surface area contributed by atoms with Gasteiger partial charge in [0.05, 0.1) is 23.8 Å². The number of hydrogen-bond acceptors (Lipinski definition) is 3. The Morgan fingerprint density at radius 3 is 3.06 bits per heavy atom. The van der Waals surface area contributed by atoms with E-state index in [-0.39, 0.29) is 18.1 Å². The summed E-state index contributed by atoms with van der Waals surface area (Å²) in [6.07, 6.45) is 0. The van der Waals surface area contributed by atoms with Crippen LogP contribution in [0.4, 0.5) is 4.39 Å². The molecule has 0 aromatic heterocycles. The summed E-state index contributed by atoms with van der Waals surface area (Å²) in [5, 5.41) is 8.95. The molecule has 0 saturated carbocycles. The normalized spacial score (nSPS) is 19.4. The lowest BCUT2D eigenvalue weighted by atomic mass is 10.1. The summed E-state index contributed by atoms with van der Waals surface area (Å²) in [6.45, 7) is 0.929. The third-order valence-electron chi connectivity index (χ3n) is 2.70. The Bertz CT molecular complexity index is 515. The maximum Gasteiger partial charge on any atom is 0.255 e. The third kappa shape index (κ3) is 2.52. The number of rotatable bonds is 1. The van der Waals surface area contributed by atoms with E-state index in [9.17, 15) is 9.18 Å². The van der Waals surface area contributed by atoms with Gasteiger partial charge in [-0.1, -0.05) is 0 Å². The lowest BCUT2D eigenvalue weighted by Gasteiger charge is -2.31. The minimum Gasteiger partial charge on any atom is -0.376 e.